The van der Waals surface area contributed by atoms with Gasteiger partial charge in [0.25, 0.3) is 0 Å². The molecule has 0 saturated heterocycles. The second kappa shape index (κ2) is 7.13. The van der Waals surface area contributed by atoms with Crippen molar-refractivity contribution >= 4 is 17.6 Å². The quantitative estimate of drug-likeness (QED) is 0.307. The minimum absolute atomic E-state index is 0.0241. The Morgan fingerprint density at radius 2 is 2.41 bits per heavy atom. The number of aliphatic hydroxyl groups is 1. The lowest BCUT2D eigenvalue weighted by molar-refractivity contribution is 0.289. The first kappa shape index (κ1) is 13.8. The van der Waals surface area contributed by atoms with Crippen LogP contribution in [0.5, 0.6) is 0 Å². The Kier molecular flexibility index (Phi) is 5.79. The summed E-state index contributed by atoms with van der Waals surface area (Å²) in [4.78, 5) is 4.09. The van der Waals surface area contributed by atoms with Crippen LogP contribution in [-0.2, 0) is 5.75 Å². The molecule has 1 rings (SSSR count). The Hall–Kier alpha value is -1.27. The van der Waals surface area contributed by atoms with Gasteiger partial charge in [-0.25, -0.2) is 0 Å². The maximum Gasteiger partial charge on any atom is 0.189 e. The highest BCUT2D eigenvalue weighted by Gasteiger charge is 2.10. The molecule has 1 heterocycles. The number of rotatable bonds is 6. The molecule has 0 aliphatic carbocycles. The van der Waals surface area contributed by atoms with Crippen molar-refractivity contribution in [3.8, 4) is 0 Å². The zero-order chi connectivity index (χ0) is 12.7. The molecule has 94 valence electrons. The molecule has 0 saturated carbocycles. The first-order valence-corrected chi connectivity index (χ1v) is 6.38. The van der Waals surface area contributed by atoms with Gasteiger partial charge in [0.2, 0.25) is 0 Å². The van der Waals surface area contributed by atoms with E-state index in [4.69, 9.17) is 16.0 Å². The Morgan fingerprint density at radius 1 is 1.65 bits per heavy atom. The summed E-state index contributed by atoms with van der Waals surface area (Å²) in [5, 5.41) is 20.8. The summed E-state index contributed by atoms with van der Waals surface area (Å²) in [5.74, 6) is 0.747. The zero-order valence-electron chi connectivity index (χ0n) is 9.71. The molecule has 1 unspecified atom stereocenters. The Labute approximate surface area is 105 Å². The van der Waals surface area contributed by atoms with E-state index in [1.807, 2.05) is 12.1 Å². The van der Waals surface area contributed by atoms with Crippen molar-refractivity contribution in [2.24, 2.45) is 10.9 Å². The molecular weight excluding hydrogens is 238 g/mol. The summed E-state index contributed by atoms with van der Waals surface area (Å²) in [6, 6.07) is 3.72. The first-order chi connectivity index (χ1) is 8.19. The lowest BCUT2D eigenvalue weighted by Crippen LogP contribution is -2.17. The number of pyridine rings is 1. The zero-order valence-corrected chi connectivity index (χ0v) is 10.5. The largest absolute Gasteiger partial charge is 0.409 e. The Morgan fingerprint density at radius 3 is 3.06 bits per heavy atom. The van der Waals surface area contributed by atoms with E-state index in [1.165, 1.54) is 0 Å². The van der Waals surface area contributed by atoms with Gasteiger partial charge in [0.1, 0.15) is 5.69 Å². The van der Waals surface area contributed by atoms with E-state index >= 15 is 0 Å². The number of aromatic nitrogens is 1. The summed E-state index contributed by atoms with van der Waals surface area (Å²) >= 11 is 1.70. The minimum atomic E-state index is 0.0241. The smallest absolute Gasteiger partial charge is 0.189 e. The number of hydrogen-bond donors (Lipinski definition) is 3. The lowest BCUT2D eigenvalue weighted by Gasteiger charge is -2.11. The molecule has 1 aromatic rings. The van der Waals surface area contributed by atoms with E-state index in [9.17, 15) is 0 Å². The summed E-state index contributed by atoms with van der Waals surface area (Å²) in [5.41, 5.74) is 6.99. The number of thioether (sulfide) groups is 1. The number of nitrogens with two attached hydrogens (primary N) is 1. The van der Waals surface area contributed by atoms with Gasteiger partial charge >= 0.3 is 0 Å². The van der Waals surface area contributed by atoms with Crippen LogP contribution in [-0.4, -0.2) is 33.0 Å². The number of nitrogens with zero attached hydrogens (tertiary/aromatic N) is 2. The summed E-state index contributed by atoms with van der Waals surface area (Å²) < 4.78 is 0. The minimum Gasteiger partial charge on any atom is -0.409 e. The summed E-state index contributed by atoms with van der Waals surface area (Å²) in [6.07, 6.45) is 2.36. The monoisotopic (exact) mass is 255 g/mol. The molecule has 0 bridgehead atoms. The first-order valence-electron chi connectivity index (χ1n) is 5.33. The van der Waals surface area contributed by atoms with Gasteiger partial charge in [-0.3, -0.25) is 4.98 Å². The van der Waals surface area contributed by atoms with Crippen molar-refractivity contribution in [1.29, 1.82) is 0 Å². The molecule has 17 heavy (non-hydrogen) atoms. The van der Waals surface area contributed by atoms with Gasteiger partial charge < -0.3 is 16.0 Å². The molecule has 0 aromatic carbocycles. The van der Waals surface area contributed by atoms with Crippen LogP contribution < -0.4 is 5.73 Å². The van der Waals surface area contributed by atoms with E-state index in [0.717, 1.165) is 17.7 Å². The molecule has 6 heteroatoms. The second-order valence-electron chi connectivity index (χ2n) is 3.63. The van der Waals surface area contributed by atoms with Crippen LogP contribution >= 0.6 is 11.8 Å². The molecule has 0 aliphatic rings. The van der Waals surface area contributed by atoms with Crippen LogP contribution in [0.2, 0.25) is 0 Å². The highest BCUT2D eigenvalue weighted by Crippen LogP contribution is 2.21. The second-order valence-corrected chi connectivity index (χ2v) is 5.06. The van der Waals surface area contributed by atoms with Crippen LogP contribution in [0.15, 0.2) is 23.5 Å². The SMILES string of the molecule is CC(CCO)SCc1cccnc1C(N)=NO. The molecule has 1 atom stereocenters. The highest BCUT2D eigenvalue weighted by molar-refractivity contribution is 7.99. The van der Waals surface area contributed by atoms with Gasteiger partial charge in [-0.1, -0.05) is 18.1 Å². The highest BCUT2D eigenvalue weighted by atomic mass is 32.2. The third-order valence-electron chi connectivity index (χ3n) is 2.30. The third kappa shape index (κ3) is 4.24. The molecular formula is C11H17N3O2S. The van der Waals surface area contributed by atoms with Crippen LogP contribution in [0.25, 0.3) is 0 Å². The topological polar surface area (TPSA) is 91.7 Å². The number of hydrogen-bond acceptors (Lipinski definition) is 5. The van der Waals surface area contributed by atoms with Crippen LogP contribution in [0, 0.1) is 0 Å². The van der Waals surface area contributed by atoms with E-state index < -0.39 is 0 Å². The van der Waals surface area contributed by atoms with Crippen molar-refractivity contribution in [2.45, 2.75) is 24.3 Å². The molecule has 0 aliphatic heterocycles. The van der Waals surface area contributed by atoms with Crippen LogP contribution in [0.4, 0.5) is 0 Å². The van der Waals surface area contributed by atoms with Crippen LogP contribution in [0.1, 0.15) is 24.6 Å². The van der Waals surface area contributed by atoms with Crippen molar-refractivity contribution in [2.75, 3.05) is 6.61 Å². The number of oxime groups is 1. The van der Waals surface area contributed by atoms with Gasteiger partial charge in [0, 0.05) is 23.8 Å². The molecule has 0 fully saturated rings. The molecule has 0 amide bonds. The Balaban J connectivity index is 2.71. The maximum absolute atomic E-state index is 8.82. The van der Waals surface area contributed by atoms with Gasteiger partial charge in [-0.05, 0) is 18.1 Å². The normalized spacial score (nSPS) is 13.6. The molecule has 1 aromatic heterocycles. The van der Waals surface area contributed by atoms with Crippen molar-refractivity contribution < 1.29 is 10.3 Å². The van der Waals surface area contributed by atoms with Crippen molar-refractivity contribution in [3.63, 3.8) is 0 Å². The standard InChI is InChI=1S/C11H17N3O2S/c1-8(4-6-15)17-7-9-3-2-5-13-10(9)11(12)14-16/h2-3,5,8,15-16H,4,6-7H2,1H3,(H2,12,14). The van der Waals surface area contributed by atoms with Gasteiger partial charge in [0.05, 0.1) is 0 Å². The molecule has 4 N–H and O–H groups in total. The fourth-order valence-electron chi connectivity index (χ4n) is 1.33. The Bertz CT molecular complexity index is 385. The maximum atomic E-state index is 8.82. The van der Waals surface area contributed by atoms with Crippen molar-refractivity contribution in [1.82, 2.24) is 4.98 Å². The van der Waals surface area contributed by atoms with E-state index in [-0.39, 0.29) is 12.4 Å². The fraction of sp³-hybridized carbons (Fsp3) is 0.455. The summed E-state index contributed by atoms with van der Waals surface area (Å²) in [7, 11) is 0. The third-order valence-corrected chi connectivity index (χ3v) is 3.58. The molecule has 5 nitrogen and oxygen atoms in total. The number of amidine groups is 1. The number of aliphatic hydroxyl groups excluding tert-OH is 1. The van der Waals surface area contributed by atoms with E-state index in [0.29, 0.717) is 10.9 Å². The van der Waals surface area contributed by atoms with E-state index in [1.54, 1.807) is 18.0 Å². The van der Waals surface area contributed by atoms with Gasteiger partial charge in [-0.2, -0.15) is 11.8 Å². The molecule has 0 spiro atoms. The van der Waals surface area contributed by atoms with E-state index in [2.05, 4.69) is 17.1 Å². The lowest BCUT2D eigenvalue weighted by atomic mass is 10.2. The average Bonchev–Trinajstić information content (AvgIpc) is 2.36. The molecule has 0 radical (unpaired) electrons. The summed E-state index contributed by atoms with van der Waals surface area (Å²) in [6.45, 7) is 2.24. The average molecular weight is 255 g/mol. The van der Waals surface area contributed by atoms with Crippen LogP contribution in [0.3, 0.4) is 0 Å². The van der Waals surface area contributed by atoms with Gasteiger partial charge in [0.15, 0.2) is 5.84 Å². The predicted octanol–water partition coefficient (Wildman–Crippen LogP) is 1.18. The van der Waals surface area contributed by atoms with Gasteiger partial charge in [-0.15, -0.1) is 0 Å². The van der Waals surface area contributed by atoms with Crippen molar-refractivity contribution in [3.05, 3.63) is 29.6 Å². The predicted molar refractivity (Wildman–Crippen MR) is 69.2 cm³/mol. The fourth-order valence-corrected chi connectivity index (χ4v) is 2.30.